The molecule has 11 heavy (non-hydrogen) atoms. The monoisotopic (exact) mass is 176 g/mol. The first kappa shape index (κ1) is 11.0. The quantitative estimate of drug-likeness (QED) is 0.602. The highest BCUT2D eigenvalue weighted by Gasteiger charge is 2.23. The molecule has 0 aromatic rings. The topological polar surface area (TPSA) is 17.1 Å². The molecule has 0 spiro atoms. The summed E-state index contributed by atoms with van der Waals surface area (Å²) in [5, 5.41) is 0. The predicted molar refractivity (Wildman–Crippen MR) is 49.0 cm³/mol. The van der Waals surface area contributed by atoms with Crippen LogP contribution in [0.3, 0.4) is 0 Å². The minimum absolute atomic E-state index is 0.170. The third-order valence-electron chi connectivity index (χ3n) is 1.45. The zero-order valence-corrected chi connectivity index (χ0v) is 8.53. The van der Waals surface area contributed by atoms with Crippen molar-refractivity contribution in [3.05, 3.63) is 0 Å². The molecule has 0 saturated heterocycles. The average Bonchev–Trinajstić information content (AvgIpc) is 1.53. The molecule has 0 aliphatic rings. The van der Waals surface area contributed by atoms with Crippen molar-refractivity contribution in [2.75, 3.05) is 0 Å². The second kappa shape index (κ2) is 4.10. The maximum Gasteiger partial charge on any atom is 0.131 e. The van der Waals surface area contributed by atoms with E-state index in [2.05, 4.69) is 13.8 Å². The highest BCUT2D eigenvalue weighted by atomic mass is 35.5. The lowest BCUT2D eigenvalue weighted by Gasteiger charge is -2.22. The van der Waals surface area contributed by atoms with Crippen LogP contribution < -0.4 is 0 Å². The van der Waals surface area contributed by atoms with Crippen molar-refractivity contribution in [1.29, 1.82) is 0 Å². The van der Waals surface area contributed by atoms with Crippen molar-refractivity contribution in [2.24, 2.45) is 5.92 Å². The van der Waals surface area contributed by atoms with E-state index in [0.29, 0.717) is 12.3 Å². The van der Waals surface area contributed by atoms with E-state index in [-0.39, 0.29) is 10.7 Å². The fourth-order valence-corrected chi connectivity index (χ4v) is 1.94. The summed E-state index contributed by atoms with van der Waals surface area (Å²) in [5.74, 6) is 0.722. The maximum atomic E-state index is 10.8. The zero-order valence-electron chi connectivity index (χ0n) is 7.78. The molecular weight excluding hydrogens is 160 g/mol. The molecule has 1 unspecified atom stereocenters. The number of halogens is 1. The summed E-state index contributed by atoms with van der Waals surface area (Å²) in [6.45, 7) is 7.73. The van der Waals surface area contributed by atoms with Crippen LogP contribution >= 0.6 is 11.6 Å². The van der Waals surface area contributed by atoms with E-state index in [1.807, 2.05) is 6.92 Å². The van der Waals surface area contributed by atoms with Gasteiger partial charge in [0.05, 0.1) is 0 Å². The molecule has 0 heterocycles. The molecule has 0 aliphatic heterocycles. The molecule has 1 nitrogen and oxygen atoms in total. The van der Waals surface area contributed by atoms with Crippen molar-refractivity contribution in [3.63, 3.8) is 0 Å². The number of hydrogen-bond donors (Lipinski definition) is 0. The lowest BCUT2D eigenvalue weighted by Crippen LogP contribution is -2.22. The molecule has 0 aliphatic carbocycles. The molecule has 0 N–H and O–H groups in total. The molecule has 0 bridgehead atoms. The van der Waals surface area contributed by atoms with Gasteiger partial charge in [-0.15, -0.1) is 11.6 Å². The number of hydrogen-bond acceptors (Lipinski definition) is 1. The van der Waals surface area contributed by atoms with E-state index < -0.39 is 0 Å². The van der Waals surface area contributed by atoms with Crippen LogP contribution in [0.15, 0.2) is 0 Å². The molecule has 0 aromatic heterocycles. The van der Waals surface area contributed by atoms with Crippen LogP contribution in [-0.4, -0.2) is 10.7 Å². The maximum absolute atomic E-state index is 10.8. The first-order valence-electron chi connectivity index (χ1n) is 4.02. The first-order valence-corrected chi connectivity index (χ1v) is 4.39. The summed E-state index contributed by atoms with van der Waals surface area (Å²) in [6, 6.07) is 0. The molecule has 0 aromatic carbocycles. The highest BCUT2D eigenvalue weighted by molar-refractivity contribution is 6.24. The van der Waals surface area contributed by atoms with Gasteiger partial charge in [-0.3, -0.25) is 4.79 Å². The molecule has 1 atom stereocenters. The van der Waals surface area contributed by atoms with E-state index in [1.165, 1.54) is 0 Å². The predicted octanol–water partition coefficient (Wildman–Crippen LogP) is 3.01. The molecule has 0 rings (SSSR count). The smallest absolute Gasteiger partial charge is 0.131 e. The van der Waals surface area contributed by atoms with Crippen LogP contribution in [0.5, 0.6) is 0 Å². The largest absolute Gasteiger partial charge is 0.300 e. The third kappa shape index (κ3) is 6.36. The van der Waals surface area contributed by atoms with E-state index in [0.717, 1.165) is 6.42 Å². The molecule has 2 heteroatoms. The SMILES string of the molecule is CC(=O)CC(C)(Cl)CC(C)C. The molecule has 66 valence electrons. The van der Waals surface area contributed by atoms with Crippen LogP contribution in [0.1, 0.15) is 40.5 Å². The number of carbonyl (C=O) groups excluding carboxylic acids is 1. The molecular formula is C9H17ClO. The second-order valence-corrected chi connectivity index (χ2v) is 4.80. The Labute approximate surface area is 74.1 Å². The second-order valence-electron chi connectivity index (χ2n) is 3.89. The van der Waals surface area contributed by atoms with Crippen LogP contribution in [-0.2, 0) is 4.79 Å². The van der Waals surface area contributed by atoms with Crippen LogP contribution in [0, 0.1) is 5.92 Å². The minimum atomic E-state index is -0.333. The van der Waals surface area contributed by atoms with E-state index >= 15 is 0 Å². The fourth-order valence-electron chi connectivity index (χ4n) is 1.44. The number of rotatable bonds is 4. The number of ketones is 1. The minimum Gasteiger partial charge on any atom is -0.300 e. The Balaban J connectivity index is 3.89. The van der Waals surface area contributed by atoms with Crippen LogP contribution in [0.25, 0.3) is 0 Å². The summed E-state index contributed by atoms with van der Waals surface area (Å²) in [7, 11) is 0. The summed E-state index contributed by atoms with van der Waals surface area (Å²) in [6.07, 6.45) is 1.38. The molecule has 0 saturated carbocycles. The van der Waals surface area contributed by atoms with Gasteiger partial charge in [-0.25, -0.2) is 0 Å². The summed E-state index contributed by atoms with van der Waals surface area (Å²) in [5.41, 5.74) is 0. The Bertz CT molecular complexity index is 138. The Morgan fingerprint density at radius 2 is 2.00 bits per heavy atom. The molecule has 0 radical (unpaired) electrons. The number of Topliss-reactive ketones (excluding diaryl/α,β-unsaturated/α-hetero) is 1. The molecule has 0 amide bonds. The normalized spacial score (nSPS) is 16.5. The van der Waals surface area contributed by atoms with Gasteiger partial charge in [0, 0.05) is 11.3 Å². The van der Waals surface area contributed by atoms with Gasteiger partial charge < -0.3 is 0 Å². The van der Waals surface area contributed by atoms with Gasteiger partial charge in [0.15, 0.2) is 0 Å². The van der Waals surface area contributed by atoms with E-state index in [4.69, 9.17) is 11.6 Å². The van der Waals surface area contributed by atoms with Gasteiger partial charge in [0.2, 0.25) is 0 Å². The summed E-state index contributed by atoms with van der Waals surface area (Å²) < 4.78 is 0. The van der Waals surface area contributed by atoms with E-state index in [1.54, 1.807) is 6.92 Å². The van der Waals surface area contributed by atoms with Crippen molar-refractivity contribution in [3.8, 4) is 0 Å². The first-order chi connectivity index (χ1) is 4.83. The zero-order chi connectivity index (χ0) is 9.07. The van der Waals surface area contributed by atoms with Crippen LogP contribution in [0.2, 0.25) is 0 Å². The van der Waals surface area contributed by atoms with E-state index in [9.17, 15) is 4.79 Å². The van der Waals surface area contributed by atoms with Crippen molar-refractivity contribution < 1.29 is 4.79 Å². The van der Waals surface area contributed by atoms with Crippen molar-refractivity contribution >= 4 is 17.4 Å². The standard InChI is InChI=1S/C9H17ClO/c1-7(2)5-9(4,10)6-8(3)11/h7H,5-6H2,1-4H3. The third-order valence-corrected chi connectivity index (χ3v) is 1.74. The van der Waals surface area contributed by atoms with Gasteiger partial charge in [0.1, 0.15) is 5.78 Å². The van der Waals surface area contributed by atoms with Gasteiger partial charge >= 0.3 is 0 Å². The van der Waals surface area contributed by atoms with Gasteiger partial charge in [-0.2, -0.15) is 0 Å². The average molecular weight is 177 g/mol. The number of carbonyl (C=O) groups is 1. The molecule has 0 fully saturated rings. The Morgan fingerprint density at radius 1 is 1.55 bits per heavy atom. The lowest BCUT2D eigenvalue weighted by atomic mass is 9.94. The highest BCUT2D eigenvalue weighted by Crippen LogP contribution is 2.27. The lowest BCUT2D eigenvalue weighted by molar-refractivity contribution is -0.117. The van der Waals surface area contributed by atoms with Crippen molar-refractivity contribution in [1.82, 2.24) is 0 Å². The number of alkyl halides is 1. The van der Waals surface area contributed by atoms with Crippen molar-refractivity contribution in [2.45, 2.75) is 45.4 Å². The Hall–Kier alpha value is -0.0400. The Kier molecular flexibility index (Phi) is 4.09. The van der Waals surface area contributed by atoms with Gasteiger partial charge in [0.25, 0.3) is 0 Å². The van der Waals surface area contributed by atoms with Gasteiger partial charge in [-0.05, 0) is 26.2 Å². The van der Waals surface area contributed by atoms with Gasteiger partial charge in [-0.1, -0.05) is 13.8 Å². The van der Waals surface area contributed by atoms with Crippen LogP contribution in [0.4, 0.5) is 0 Å². The Morgan fingerprint density at radius 3 is 2.27 bits per heavy atom. The fraction of sp³-hybridized carbons (Fsp3) is 0.889. The summed E-state index contributed by atoms with van der Waals surface area (Å²) in [4.78, 5) is 10.4. The summed E-state index contributed by atoms with van der Waals surface area (Å²) >= 11 is 6.11.